The molecule has 0 unspecified atom stereocenters. The molecule has 0 bridgehead atoms. The summed E-state index contributed by atoms with van der Waals surface area (Å²) < 4.78 is 14.0. The molecule has 0 aromatic heterocycles. The molecule has 31 heavy (non-hydrogen) atoms. The predicted octanol–water partition coefficient (Wildman–Crippen LogP) is 4.80. The van der Waals surface area contributed by atoms with E-state index in [1.165, 1.54) is 48.5 Å². The van der Waals surface area contributed by atoms with Gasteiger partial charge in [0.25, 0.3) is 17.5 Å². The Labute approximate surface area is 181 Å². The summed E-state index contributed by atoms with van der Waals surface area (Å²) in [5.74, 6) is -2.37. The van der Waals surface area contributed by atoms with Crippen molar-refractivity contribution < 1.29 is 18.9 Å². The number of nitro benzene ring substituents is 1. The van der Waals surface area contributed by atoms with Crippen LogP contribution < -0.4 is 10.6 Å². The fourth-order valence-electron chi connectivity index (χ4n) is 2.64. The number of halogens is 2. The second kappa shape index (κ2) is 9.64. The molecular weight excluding hydrogens is 425 g/mol. The van der Waals surface area contributed by atoms with E-state index in [9.17, 15) is 24.1 Å². The van der Waals surface area contributed by atoms with E-state index >= 15 is 0 Å². The third kappa shape index (κ3) is 5.52. The molecule has 0 atom stereocenters. The number of amides is 2. The van der Waals surface area contributed by atoms with Crippen molar-refractivity contribution in [3.05, 3.63) is 111 Å². The van der Waals surface area contributed by atoms with Gasteiger partial charge in [-0.25, -0.2) is 4.39 Å². The molecule has 0 saturated carbocycles. The quantitative estimate of drug-likeness (QED) is 0.327. The van der Waals surface area contributed by atoms with Crippen molar-refractivity contribution in [1.29, 1.82) is 0 Å². The Bertz CT molecular complexity index is 1200. The van der Waals surface area contributed by atoms with E-state index in [-0.39, 0.29) is 27.5 Å². The molecule has 0 heterocycles. The molecule has 2 amide bonds. The Hall–Kier alpha value is -4.04. The molecule has 3 rings (SSSR count). The van der Waals surface area contributed by atoms with Crippen molar-refractivity contribution in [1.82, 2.24) is 5.32 Å². The molecule has 2 N–H and O–H groups in total. The number of non-ortho nitro benzene ring substituents is 1. The maximum absolute atomic E-state index is 14.0. The minimum atomic E-state index is -0.857. The fourth-order valence-corrected chi connectivity index (χ4v) is 2.82. The molecule has 3 aromatic rings. The largest absolute Gasteiger partial charge is 0.319 e. The Morgan fingerprint density at radius 1 is 1.00 bits per heavy atom. The summed E-state index contributed by atoms with van der Waals surface area (Å²) in [5, 5.41) is 16.2. The second-order valence-corrected chi connectivity index (χ2v) is 6.69. The summed E-state index contributed by atoms with van der Waals surface area (Å²) in [4.78, 5) is 35.9. The van der Waals surface area contributed by atoms with Gasteiger partial charge in [-0.15, -0.1) is 0 Å². The summed E-state index contributed by atoms with van der Waals surface area (Å²) in [7, 11) is 0. The fraction of sp³-hybridized carbons (Fsp3) is 0. The van der Waals surface area contributed by atoms with E-state index < -0.39 is 22.6 Å². The van der Waals surface area contributed by atoms with Gasteiger partial charge in [0.05, 0.1) is 21.2 Å². The molecule has 3 aromatic carbocycles. The van der Waals surface area contributed by atoms with Crippen molar-refractivity contribution >= 4 is 40.9 Å². The maximum Gasteiger partial charge on any atom is 0.272 e. The van der Waals surface area contributed by atoms with E-state index in [0.717, 1.165) is 6.07 Å². The number of hydrogen-bond acceptors (Lipinski definition) is 4. The van der Waals surface area contributed by atoms with Crippen LogP contribution in [0.5, 0.6) is 0 Å². The Kier molecular flexibility index (Phi) is 6.74. The topological polar surface area (TPSA) is 101 Å². The number of rotatable bonds is 6. The van der Waals surface area contributed by atoms with Gasteiger partial charge in [-0.2, -0.15) is 0 Å². The van der Waals surface area contributed by atoms with Crippen LogP contribution in [0, 0.1) is 15.9 Å². The number of carbonyl (C=O) groups is 2. The number of nitrogens with zero attached hydrogens (tertiary/aromatic N) is 1. The Balaban J connectivity index is 1.97. The molecule has 0 spiro atoms. The zero-order valence-electron chi connectivity index (χ0n) is 15.8. The van der Waals surface area contributed by atoms with Gasteiger partial charge in [0.15, 0.2) is 0 Å². The van der Waals surface area contributed by atoms with Gasteiger partial charge in [0, 0.05) is 12.1 Å². The first kappa shape index (κ1) is 21.7. The molecule has 0 saturated heterocycles. The smallest absolute Gasteiger partial charge is 0.272 e. The van der Waals surface area contributed by atoms with Crippen LogP contribution in [0.2, 0.25) is 5.02 Å². The maximum atomic E-state index is 14.0. The lowest BCUT2D eigenvalue weighted by Gasteiger charge is -2.12. The Morgan fingerprint density at radius 2 is 1.71 bits per heavy atom. The van der Waals surface area contributed by atoms with Gasteiger partial charge >= 0.3 is 0 Å². The average Bonchev–Trinajstić information content (AvgIpc) is 2.75. The summed E-state index contributed by atoms with van der Waals surface area (Å²) in [6.07, 6.45) is 1.25. The molecular formula is C22H15ClFN3O4. The third-order valence-electron chi connectivity index (χ3n) is 4.13. The zero-order valence-corrected chi connectivity index (χ0v) is 16.6. The lowest BCUT2D eigenvalue weighted by Crippen LogP contribution is -2.31. The molecule has 0 radical (unpaired) electrons. The van der Waals surface area contributed by atoms with Crippen LogP contribution >= 0.6 is 11.6 Å². The number of nitrogens with one attached hydrogen (secondary N) is 2. The monoisotopic (exact) mass is 439 g/mol. The van der Waals surface area contributed by atoms with E-state index in [4.69, 9.17) is 11.6 Å². The molecule has 0 aliphatic heterocycles. The van der Waals surface area contributed by atoms with Crippen molar-refractivity contribution in [3.8, 4) is 0 Å². The zero-order chi connectivity index (χ0) is 22.4. The first-order valence-electron chi connectivity index (χ1n) is 8.93. The third-order valence-corrected chi connectivity index (χ3v) is 4.45. The van der Waals surface area contributed by atoms with Crippen LogP contribution in [0.25, 0.3) is 6.08 Å². The number of nitro groups is 1. The molecule has 156 valence electrons. The van der Waals surface area contributed by atoms with Gasteiger partial charge in [-0.3, -0.25) is 19.7 Å². The molecule has 7 nitrogen and oxygen atoms in total. The van der Waals surface area contributed by atoms with Gasteiger partial charge in [-0.1, -0.05) is 48.0 Å². The van der Waals surface area contributed by atoms with Gasteiger partial charge < -0.3 is 10.6 Å². The van der Waals surface area contributed by atoms with Crippen molar-refractivity contribution in [3.63, 3.8) is 0 Å². The van der Waals surface area contributed by atoms with Crippen molar-refractivity contribution in [2.75, 3.05) is 5.32 Å². The van der Waals surface area contributed by atoms with Gasteiger partial charge in [0.2, 0.25) is 0 Å². The summed E-state index contributed by atoms with van der Waals surface area (Å²) in [6, 6.07) is 17.2. The van der Waals surface area contributed by atoms with Gasteiger partial charge in [-0.05, 0) is 35.9 Å². The Morgan fingerprint density at radius 3 is 2.42 bits per heavy atom. The number of benzene rings is 3. The highest BCUT2D eigenvalue weighted by atomic mass is 35.5. The number of anilines is 1. The minimum Gasteiger partial charge on any atom is -0.319 e. The van der Waals surface area contributed by atoms with E-state index in [1.54, 1.807) is 24.3 Å². The predicted molar refractivity (Wildman–Crippen MR) is 115 cm³/mol. The van der Waals surface area contributed by atoms with Crippen LogP contribution in [-0.4, -0.2) is 16.7 Å². The summed E-state index contributed by atoms with van der Waals surface area (Å²) >= 11 is 6.07. The minimum absolute atomic E-state index is 0.194. The SMILES string of the molecule is O=C(Nc1ccccc1Cl)/C(=C/c1cccc([N+](=O)[O-])c1)NC(=O)c1ccccc1F. The first-order valence-corrected chi connectivity index (χ1v) is 9.31. The highest BCUT2D eigenvalue weighted by molar-refractivity contribution is 6.34. The van der Waals surface area contributed by atoms with E-state index in [0.29, 0.717) is 5.69 Å². The van der Waals surface area contributed by atoms with Crippen molar-refractivity contribution in [2.24, 2.45) is 0 Å². The lowest BCUT2D eigenvalue weighted by atomic mass is 10.1. The number of para-hydroxylation sites is 1. The van der Waals surface area contributed by atoms with Crippen LogP contribution in [0.4, 0.5) is 15.8 Å². The average molecular weight is 440 g/mol. The molecule has 0 aliphatic carbocycles. The van der Waals surface area contributed by atoms with Crippen LogP contribution in [0.15, 0.2) is 78.5 Å². The molecule has 9 heteroatoms. The second-order valence-electron chi connectivity index (χ2n) is 6.28. The normalized spacial score (nSPS) is 11.0. The molecule has 0 fully saturated rings. The highest BCUT2D eigenvalue weighted by Crippen LogP contribution is 2.22. The van der Waals surface area contributed by atoms with E-state index in [1.807, 2.05) is 0 Å². The van der Waals surface area contributed by atoms with E-state index in [2.05, 4.69) is 10.6 Å². The summed E-state index contributed by atoms with van der Waals surface area (Å²) in [5.41, 5.74) is -0.140. The lowest BCUT2D eigenvalue weighted by molar-refractivity contribution is -0.384. The highest BCUT2D eigenvalue weighted by Gasteiger charge is 2.18. The van der Waals surface area contributed by atoms with Crippen molar-refractivity contribution in [2.45, 2.75) is 0 Å². The number of carbonyl (C=O) groups excluding carboxylic acids is 2. The number of hydrogen-bond donors (Lipinski definition) is 2. The van der Waals surface area contributed by atoms with Crippen LogP contribution in [0.1, 0.15) is 15.9 Å². The first-order chi connectivity index (χ1) is 14.8. The summed E-state index contributed by atoms with van der Waals surface area (Å²) in [6.45, 7) is 0. The van der Waals surface area contributed by atoms with Gasteiger partial charge in [0.1, 0.15) is 11.5 Å². The van der Waals surface area contributed by atoms with Crippen LogP contribution in [-0.2, 0) is 4.79 Å². The van der Waals surface area contributed by atoms with Crippen LogP contribution in [0.3, 0.4) is 0 Å². The molecule has 0 aliphatic rings. The standard InChI is InChI=1S/C22H15ClFN3O4/c23-17-9-2-4-11-19(17)25-22(29)20(13-14-6-5-7-15(12-14)27(30)31)26-21(28)16-8-1-3-10-18(16)24/h1-13H,(H,25,29)(H,26,28)/b20-13-.